The molecule has 4 aromatic heterocycles. The van der Waals surface area contributed by atoms with Crippen molar-refractivity contribution >= 4 is 22.9 Å². The number of hydrogen-bond donors (Lipinski definition) is 4. The molecule has 0 amide bonds. The number of H-pyrrole nitrogens is 1. The van der Waals surface area contributed by atoms with Gasteiger partial charge in [-0.3, -0.25) is 14.1 Å². The third-order valence-electron chi connectivity index (χ3n) is 7.04. The van der Waals surface area contributed by atoms with Crippen LogP contribution in [0.25, 0.3) is 39.8 Å². The lowest BCUT2D eigenvalue weighted by atomic mass is 9.89. The van der Waals surface area contributed by atoms with E-state index in [1.165, 1.54) is 23.8 Å². The fourth-order valence-corrected chi connectivity index (χ4v) is 5.19. The number of anilines is 2. The highest BCUT2D eigenvalue weighted by atomic mass is 16.5. The molecule has 0 unspecified atom stereocenters. The first kappa shape index (κ1) is 25.4. The highest BCUT2D eigenvalue weighted by molar-refractivity contribution is 5.91. The Balaban J connectivity index is 1.57. The first-order chi connectivity index (χ1) is 19.5. The molecule has 4 heterocycles. The van der Waals surface area contributed by atoms with Gasteiger partial charge in [0.2, 0.25) is 17.6 Å². The Bertz CT molecular complexity index is 1780. The number of benzene rings is 1. The highest BCUT2D eigenvalue weighted by Crippen LogP contribution is 2.34. The van der Waals surface area contributed by atoms with Gasteiger partial charge in [-0.15, -0.1) is 0 Å². The second-order valence-corrected chi connectivity index (χ2v) is 9.77. The zero-order chi connectivity index (χ0) is 27.6. The van der Waals surface area contributed by atoms with E-state index in [4.69, 9.17) is 20.2 Å². The molecule has 0 spiro atoms. The quantitative estimate of drug-likeness (QED) is 0.223. The molecule has 0 radical (unpaired) electrons. The molecule has 6 rings (SSSR count). The minimum atomic E-state index is -0.731. The van der Waals surface area contributed by atoms with Crippen LogP contribution in [-0.4, -0.2) is 57.5 Å². The van der Waals surface area contributed by atoms with Crippen LogP contribution in [0.4, 0.5) is 11.8 Å². The smallest absolute Gasteiger partial charge is 0.395 e. The van der Waals surface area contributed by atoms with E-state index < -0.39 is 11.4 Å². The van der Waals surface area contributed by atoms with Crippen LogP contribution >= 0.6 is 0 Å². The summed E-state index contributed by atoms with van der Waals surface area (Å²) in [6.07, 6.45) is 7.37. The number of aromatic amines is 1. The van der Waals surface area contributed by atoms with Crippen LogP contribution in [0, 0.1) is 5.92 Å². The van der Waals surface area contributed by atoms with Crippen molar-refractivity contribution < 1.29 is 9.63 Å². The number of nitrogen functional groups attached to an aromatic ring is 1. The maximum absolute atomic E-state index is 12.6. The van der Waals surface area contributed by atoms with Crippen molar-refractivity contribution in [1.29, 1.82) is 0 Å². The average Bonchev–Trinajstić information content (AvgIpc) is 3.55. The summed E-state index contributed by atoms with van der Waals surface area (Å²) < 4.78 is 8.15. The summed E-state index contributed by atoms with van der Waals surface area (Å²) in [5.74, 6) is 0.606. The van der Waals surface area contributed by atoms with E-state index >= 15 is 0 Å². The van der Waals surface area contributed by atoms with Gasteiger partial charge in [-0.2, -0.15) is 9.97 Å². The van der Waals surface area contributed by atoms with Crippen LogP contribution in [0.2, 0.25) is 0 Å². The Morgan fingerprint density at radius 1 is 1.10 bits per heavy atom. The number of nitrogens with two attached hydrogens (primary N) is 1. The summed E-state index contributed by atoms with van der Waals surface area (Å²) in [7, 11) is 0. The van der Waals surface area contributed by atoms with Gasteiger partial charge in [0.1, 0.15) is 17.0 Å². The van der Waals surface area contributed by atoms with E-state index in [1.807, 2.05) is 18.2 Å². The number of rotatable bonds is 8. The Kier molecular flexibility index (Phi) is 6.82. The van der Waals surface area contributed by atoms with Gasteiger partial charge in [0.25, 0.3) is 0 Å². The fraction of sp³-hybridized carbons (Fsp3) is 0.346. The van der Waals surface area contributed by atoms with Crippen LogP contribution < -0.4 is 22.5 Å². The fourth-order valence-electron chi connectivity index (χ4n) is 5.19. The summed E-state index contributed by atoms with van der Waals surface area (Å²) in [5, 5.41) is 16.5. The minimum Gasteiger partial charge on any atom is -0.395 e. The van der Waals surface area contributed by atoms with Crippen molar-refractivity contribution in [3.05, 3.63) is 57.6 Å². The standard InChI is InChI=1S/C26H28N10O4/c27-18-9-11-35(25(38)29-18)17-8-4-7-16(13-17)19-20-21(31-22(30-19)23-33-26(39)40-34-23)32-24(28-10-12-37)36(20)14-15-5-2-1-3-6-15/h4,7-9,11,13,15,37H,1-3,5-6,10,12,14H2,(H2,27,29,38)(H,33,34,39)(H,28,30,31,32). The van der Waals surface area contributed by atoms with Gasteiger partial charge in [0.05, 0.1) is 12.3 Å². The average molecular weight is 545 g/mol. The van der Waals surface area contributed by atoms with Gasteiger partial charge in [0.15, 0.2) is 5.65 Å². The maximum atomic E-state index is 12.6. The van der Waals surface area contributed by atoms with Crippen LogP contribution in [-0.2, 0) is 6.54 Å². The summed E-state index contributed by atoms with van der Waals surface area (Å²) >= 11 is 0. The van der Waals surface area contributed by atoms with Gasteiger partial charge in [-0.1, -0.05) is 36.6 Å². The van der Waals surface area contributed by atoms with Gasteiger partial charge in [-0.25, -0.2) is 19.6 Å². The second kappa shape index (κ2) is 10.7. The molecule has 0 saturated heterocycles. The van der Waals surface area contributed by atoms with E-state index in [0.29, 0.717) is 53.1 Å². The van der Waals surface area contributed by atoms with Gasteiger partial charge >= 0.3 is 11.4 Å². The minimum absolute atomic E-state index is 0.0648. The third-order valence-corrected chi connectivity index (χ3v) is 7.04. The van der Waals surface area contributed by atoms with Gasteiger partial charge in [-0.05, 0) is 37.0 Å². The van der Waals surface area contributed by atoms with Gasteiger partial charge in [0, 0.05) is 24.8 Å². The molecule has 1 aliphatic rings. The van der Waals surface area contributed by atoms with Crippen molar-refractivity contribution in [2.75, 3.05) is 24.2 Å². The Labute approximate surface area is 226 Å². The lowest BCUT2D eigenvalue weighted by Gasteiger charge is -2.23. The normalized spacial score (nSPS) is 14.1. The number of nitrogens with zero attached hydrogens (tertiary/aromatic N) is 7. The summed E-state index contributed by atoms with van der Waals surface area (Å²) in [5.41, 5.74) is 8.01. The predicted octanol–water partition coefficient (Wildman–Crippen LogP) is 1.95. The first-order valence-electron chi connectivity index (χ1n) is 13.2. The number of fused-ring (bicyclic) bond motifs is 1. The molecule has 14 heteroatoms. The zero-order valence-electron chi connectivity index (χ0n) is 21.6. The van der Waals surface area contributed by atoms with Crippen LogP contribution in [0.3, 0.4) is 0 Å². The number of aliphatic hydroxyl groups excluding tert-OH is 1. The summed E-state index contributed by atoms with van der Waals surface area (Å²) in [6.45, 7) is 0.938. The monoisotopic (exact) mass is 544 g/mol. The molecule has 40 heavy (non-hydrogen) atoms. The van der Waals surface area contributed by atoms with E-state index in [9.17, 15) is 14.7 Å². The number of hydrogen-bond acceptors (Lipinski definition) is 11. The summed E-state index contributed by atoms with van der Waals surface area (Å²) in [4.78, 5) is 44.8. The molecule has 5 N–H and O–H groups in total. The lowest BCUT2D eigenvalue weighted by molar-refractivity contribution is 0.309. The maximum Gasteiger partial charge on any atom is 0.439 e. The molecule has 0 bridgehead atoms. The molecule has 0 atom stereocenters. The largest absolute Gasteiger partial charge is 0.439 e. The summed E-state index contributed by atoms with van der Waals surface area (Å²) in [6, 6.07) is 8.83. The molecule has 1 aromatic carbocycles. The molecule has 14 nitrogen and oxygen atoms in total. The molecule has 1 fully saturated rings. The number of nitrogens with one attached hydrogen (secondary N) is 2. The van der Waals surface area contributed by atoms with Crippen molar-refractivity contribution in [2.45, 2.75) is 38.6 Å². The SMILES string of the molecule is Nc1ccn(-c2cccc(-c3nc(-c4noc(=O)[nH]4)nc4nc(NCCO)n(CC5CCCCC5)c34)c2)c(=O)n1. The predicted molar refractivity (Wildman–Crippen MR) is 147 cm³/mol. The molecule has 206 valence electrons. The van der Waals surface area contributed by atoms with Crippen LogP contribution in [0.5, 0.6) is 0 Å². The van der Waals surface area contributed by atoms with E-state index in [0.717, 1.165) is 12.8 Å². The molecular formula is C26H28N10O4. The molecule has 1 saturated carbocycles. The van der Waals surface area contributed by atoms with E-state index in [-0.39, 0.29) is 24.1 Å². The zero-order valence-corrected chi connectivity index (χ0v) is 21.6. The Morgan fingerprint density at radius 3 is 2.70 bits per heavy atom. The van der Waals surface area contributed by atoms with Crippen molar-refractivity contribution in [3.63, 3.8) is 0 Å². The van der Waals surface area contributed by atoms with E-state index in [1.54, 1.807) is 18.3 Å². The molecule has 0 aliphatic heterocycles. The van der Waals surface area contributed by atoms with Crippen molar-refractivity contribution in [1.82, 2.24) is 39.2 Å². The second-order valence-electron chi connectivity index (χ2n) is 9.77. The van der Waals surface area contributed by atoms with Gasteiger partial charge < -0.3 is 20.7 Å². The molecule has 1 aliphatic carbocycles. The van der Waals surface area contributed by atoms with Crippen molar-refractivity contribution in [3.8, 4) is 28.6 Å². The molecule has 5 aromatic rings. The molecular weight excluding hydrogens is 516 g/mol. The number of aromatic nitrogens is 8. The first-order valence-corrected chi connectivity index (χ1v) is 13.2. The topological polar surface area (TPSA) is 196 Å². The van der Waals surface area contributed by atoms with E-state index in [2.05, 4.69) is 30.0 Å². The van der Waals surface area contributed by atoms with Crippen molar-refractivity contribution in [2.24, 2.45) is 5.92 Å². The lowest BCUT2D eigenvalue weighted by Crippen LogP contribution is -2.21. The Hall–Kier alpha value is -4.85. The third kappa shape index (κ3) is 4.96. The van der Waals surface area contributed by atoms with Crippen LogP contribution in [0.15, 0.2) is 50.6 Å². The Morgan fingerprint density at radius 2 is 1.95 bits per heavy atom. The number of aliphatic hydroxyl groups is 1. The number of imidazole rings is 1. The van der Waals surface area contributed by atoms with Crippen LogP contribution in [0.1, 0.15) is 32.1 Å². The highest BCUT2D eigenvalue weighted by Gasteiger charge is 2.24.